The third-order valence-corrected chi connectivity index (χ3v) is 4.75. The van der Waals surface area contributed by atoms with Crippen molar-refractivity contribution in [3.05, 3.63) is 82.3 Å². The first-order valence-electron chi connectivity index (χ1n) is 9.52. The number of aliphatic hydroxyl groups excluding tert-OH is 1. The molecule has 0 spiro atoms. The van der Waals surface area contributed by atoms with Crippen molar-refractivity contribution in [3.63, 3.8) is 0 Å². The summed E-state index contributed by atoms with van der Waals surface area (Å²) in [5.74, 6) is -0.362. The number of rotatable bonds is 7. The summed E-state index contributed by atoms with van der Waals surface area (Å²) < 4.78 is 2.85. The molecule has 30 heavy (non-hydrogen) atoms. The molecule has 0 saturated heterocycles. The van der Waals surface area contributed by atoms with Crippen molar-refractivity contribution in [1.82, 2.24) is 34.3 Å². The Morgan fingerprint density at radius 2 is 2.10 bits per heavy atom. The Hall–Kier alpha value is -3.79. The van der Waals surface area contributed by atoms with Crippen LogP contribution in [0.4, 0.5) is 0 Å². The summed E-state index contributed by atoms with van der Waals surface area (Å²) in [5.41, 5.74) is 1.03. The molecule has 0 fully saturated rings. The van der Waals surface area contributed by atoms with Crippen LogP contribution in [0.15, 0.2) is 59.9 Å². The lowest BCUT2D eigenvalue weighted by atomic mass is 10.1. The van der Waals surface area contributed by atoms with Gasteiger partial charge in [-0.2, -0.15) is 9.61 Å². The van der Waals surface area contributed by atoms with Crippen LogP contribution in [0.3, 0.4) is 0 Å². The van der Waals surface area contributed by atoms with E-state index in [1.54, 1.807) is 17.1 Å². The highest BCUT2D eigenvalue weighted by Crippen LogP contribution is 2.17. The number of aromatic nitrogens is 6. The molecule has 10 heteroatoms. The molecular formula is C20H21N7O3. The molecule has 0 aliphatic heterocycles. The van der Waals surface area contributed by atoms with Gasteiger partial charge in [-0.25, -0.2) is 9.97 Å². The van der Waals surface area contributed by atoms with Crippen LogP contribution in [0.1, 0.15) is 34.6 Å². The van der Waals surface area contributed by atoms with Crippen molar-refractivity contribution in [2.24, 2.45) is 0 Å². The SMILES string of the molecule is CCn1cc(C(O)CN(Cc2ccccc2)C(=O)c2cc(=O)n3[nH]cnc3n2)cn1. The zero-order chi connectivity index (χ0) is 21.1. The molecule has 3 heterocycles. The highest BCUT2D eigenvalue weighted by atomic mass is 16.3. The molecule has 4 rings (SSSR count). The van der Waals surface area contributed by atoms with Crippen LogP contribution < -0.4 is 5.56 Å². The molecule has 0 saturated carbocycles. The molecular weight excluding hydrogens is 386 g/mol. The molecule has 0 bridgehead atoms. The van der Waals surface area contributed by atoms with Crippen LogP contribution in [-0.4, -0.2) is 51.8 Å². The Kier molecular flexibility index (Phi) is 5.40. The van der Waals surface area contributed by atoms with Crippen LogP contribution in [-0.2, 0) is 13.1 Å². The molecule has 1 aromatic carbocycles. The monoisotopic (exact) mass is 407 g/mol. The normalized spacial score (nSPS) is 12.2. The molecule has 1 amide bonds. The fourth-order valence-electron chi connectivity index (χ4n) is 3.16. The molecule has 4 aromatic rings. The quantitative estimate of drug-likeness (QED) is 0.472. The summed E-state index contributed by atoms with van der Waals surface area (Å²) in [7, 11) is 0. The first kappa shape index (κ1) is 19.5. The Morgan fingerprint density at radius 1 is 1.30 bits per heavy atom. The lowest BCUT2D eigenvalue weighted by Crippen LogP contribution is -2.35. The standard InChI is InChI=1S/C20H21N7O3/c1-2-26-11-15(9-22-26)17(28)12-25(10-14-6-4-3-5-7-14)19(30)16-8-18(29)27-20(24-16)21-13-23-27/h3-9,11,13,17,28H,2,10,12H2,1H3,(H,21,23,24). The van der Waals surface area contributed by atoms with E-state index in [1.807, 2.05) is 37.3 Å². The fraction of sp³-hybridized carbons (Fsp3) is 0.250. The Balaban J connectivity index is 1.64. The molecule has 0 radical (unpaired) electrons. The van der Waals surface area contributed by atoms with Gasteiger partial charge in [0.05, 0.1) is 18.8 Å². The van der Waals surface area contributed by atoms with E-state index in [0.29, 0.717) is 12.1 Å². The van der Waals surface area contributed by atoms with E-state index in [1.165, 1.54) is 11.2 Å². The van der Waals surface area contributed by atoms with Gasteiger partial charge in [-0.05, 0) is 12.5 Å². The van der Waals surface area contributed by atoms with Crippen molar-refractivity contribution in [2.45, 2.75) is 26.1 Å². The van der Waals surface area contributed by atoms with E-state index in [0.717, 1.165) is 16.1 Å². The number of H-pyrrole nitrogens is 1. The van der Waals surface area contributed by atoms with Crippen LogP contribution in [0.2, 0.25) is 0 Å². The number of carbonyl (C=O) groups is 1. The summed E-state index contributed by atoms with van der Waals surface area (Å²) in [6, 6.07) is 10.6. The maximum absolute atomic E-state index is 13.2. The lowest BCUT2D eigenvalue weighted by molar-refractivity contribution is 0.0598. The summed E-state index contributed by atoms with van der Waals surface area (Å²) >= 11 is 0. The van der Waals surface area contributed by atoms with Crippen molar-refractivity contribution in [3.8, 4) is 0 Å². The van der Waals surface area contributed by atoms with Crippen molar-refractivity contribution < 1.29 is 9.90 Å². The van der Waals surface area contributed by atoms with Gasteiger partial charge in [0.1, 0.15) is 12.0 Å². The summed E-state index contributed by atoms with van der Waals surface area (Å²) in [4.78, 5) is 35.1. The third-order valence-electron chi connectivity index (χ3n) is 4.75. The second-order valence-corrected chi connectivity index (χ2v) is 6.82. The number of carbonyl (C=O) groups excluding carboxylic acids is 1. The van der Waals surface area contributed by atoms with Gasteiger partial charge >= 0.3 is 0 Å². The molecule has 154 valence electrons. The van der Waals surface area contributed by atoms with Gasteiger partial charge in [-0.3, -0.25) is 19.4 Å². The first-order chi connectivity index (χ1) is 14.5. The molecule has 2 N–H and O–H groups in total. The number of aliphatic hydroxyl groups is 1. The molecule has 0 aliphatic carbocycles. The van der Waals surface area contributed by atoms with Gasteiger partial charge in [-0.15, -0.1) is 0 Å². The molecule has 3 aromatic heterocycles. The number of nitrogens with one attached hydrogen (secondary N) is 1. The number of aromatic amines is 1. The second kappa shape index (κ2) is 8.29. The van der Waals surface area contributed by atoms with E-state index in [9.17, 15) is 14.7 Å². The molecule has 0 aliphatic rings. The lowest BCUT2D eigenvalue weighted by Gasteiger charge is -2.25. The van der Waals surface area contributed by atoms with Gasteiger partial charge in [0.25, 0.3) is 17.2 Å². The minimum Gasteiger partial charge on any atom is -0.386 e. The maximum Gasteiger partial charge on any atom is 0.274 e. The number of aryl methyl sites for hydroxylation is 1. The van der Waals surface area contributed by atoms with Gasteiger partial charge < -0.3 is 10.0 Å². The van der Waals surface area contributed by atoms with E-state index >= 15 is 0 Å². The van der Waals surface area contributed by atoms with Gasteiger partial charge in [0.2, 0.25) is 0 Å². The van der Waals surface area contributed by atoms with E-state index < -0.39 is 17.6 Å². The van der Waals surface area contributed by atoms with Crippen LogP contribution in [0.25, 0.3) is 5.78 Å². The average molecular weight is 407 g/mol. The van der Waals surface area contributed by atoms with Gasteiger partial charge in [0, 0.05) is 30.9 Å². The average Bonchev–Trinajstić information content (AvgIpc) is 3.43. The van der Waals surface area contributed by atoms with Crippen molar-refractivity contribution >= 4 is 11.7 Å². The number of hydrogen-bond acceptors (Lipinski definition) is 6. The third kappa shape index (κ3) is 3.98. The largest absolute Gasteiger partial charge is 0.386 e. The molecule has 1 unspecified atom stereocenters. The van der Waals surface area contributed by atoms with E-state index in [2.05, 4.69) is 20.2 Å². The predicted molar refractivity (Wildman–Crippen MR) is 108 cm³/mol. The number of hydrogen-bond donors (Lipinski definition) is 2. The number of nitrogens with zero attached hydrogens (tertiary/aromatic N) is 6. The van der Waals surface area contributed by atoms with Crippen LogP contribution in [0, 0.1) is 0 Å². The zero-order valence-corrected chi connectivity index (χ0v) is 16.3. The van der Waals surface area contributed by atoms with Crippen molar-refractivity contribution in [1.29, 1.82) is 0 Å². The number of fused-ring (bicyclic) bond motifs is 1. The Morgan fingerprint density at radius 3 is 2.83 bits per heavy atom. The summed E-state index contributed by atoms with van der Waals surface area (Å²) in [6.07, 6.45) is 3.72. The van der Waals surface area contributed by atoms with E-state index in [-0.39, 0.29) is 24.6 Å². The van der Waals surface area contributed by atoms with Gasteiger partial charge in [0.15, 0.2) is 0 Å². The summed E-state index contributed by atoms with van der Waals surface area (Å²) in [5, 5.41) is 17.5. The fourth-order valence-corrected chi connectivity index (χ4v) is 3.16. The number of amides is 1. The topological polar surface area (TPSA) is 121 Å². The molecule has 10 nitrogen and oxygen atoms in total. The number of benzene rings is 1. The van der Waals surface area contributed by atoms with E-state index in [4.69, 9.17) is 0 Å². The minimum absolute atomic E-state index is 0.0186. The zero-order valence-electron chi connectivity index (χ0n) is 16.3. The Labute approximate surface area is 171 Å². The first-order valence-corrected chi connectivity index (χ1v) is 9.52. The van der Waals surface area contributed by atoms with Crippen LogP contribution in [0.5, 0.6) is 0 Å². The maximum atomic E-state index is 13.2. The summed E-state index contributed by atoms with van der Waals surface area (Å²) in [6.45, 7) is 2.89. The molecule has 1 atom stereocenters. The van der Waals surface area contributed by atoms with Gasteiger partial charge in [-0.1, -0.05) is 30.3 Å². The smallest absolute Gasteiger partial charge is 0.274 e. The Bertz CT molecular complexity index is 1210. The highest BCUT2D eigenvalue weighted by Gasteiger charge is 2.23. The van der Waals surface area contributed by atoms with Crippen LogP contribution >= 0.6 is 0 Å². The minimum atomic E-state index is -0.937. The highest BCUT2D eigenvalue weighted by molar-refractivity contribution is 5.92. The van der Waals surface area contributed by atoms with Crippen molar-refractivity contribution in [2.75, 3.05) is 6.54 Å². The predicted octanol–water partition coefficient (Wildman–Crippen LogP) is 1.01. The second-order valence-electron chi connectivity index (χ2n) is 6.82.